The molecule has 5 rings (SSSR count). The van der Waals surface area contributed by atoms with Crippen LogP contribution in [0, 0.1) is 6.92 Å². The first kappa shape index (κ1) is 23.1. The fourth-order valence-electron chi connectivity index (χ4n) is 3.73. The molecule has 0 unspecified atom stereocenters. The van der Waals surface area contributed by atoms with E-state index in [1.807, 2.05) is 67.6 Å². The predicted octanol–water partition coefficient (Wildman–Crippen LogP) is 5.10. The van der Waals surface area contributed by atoms with Gasteiger partial charge in [0.1, 0.15) is 15.3 Å². The van der Waals surface area contributed by atoms with Gasteiger partial charge in [-0.05, 0) is 48.4 Å². The van der Waals surface area contributed by atoms with Crippen LogP contribution in [0.5, 0.6) is 5.75 Å². The molecule has 176 valence electrons. The molecule has 0 aliphatic carbocycles. The van der Waals surface area contributed by atoms with E-state index in [0.29, 0.717) is 21.9 Å². The van der Waals surface area contributed by atoms with Crippen LogP contribution in [0.3, 0.4) is 0 Å². The average Bonchev–Trinajstić information content (AvgIpc) is 3.25. The number of pyridine rings is 1. The Kier molecular flexibility index (Phi) is 6.52. The van der Waals surface area contributed by atoms with Gasteiger partial charge in [0.2, 0.25) is 5.91 Å². The number of thioether (sulfide) groups is 1. The Morgan fingerprint density at radius 3 is 2.69 bits per heavy atom. The van der Waals surface area contributed by atoms with Crippen molar-refractivity contribution in [1.29, 1.82) is 0 Å². The molecule has 0 aliphatic heterocycles. The van der Waals surface area contributed by atoms with E-state index >= 15 is 0 Å². The number of para-hydroxylation sites is 1. The average molecular weight is 503 g/mol. The number of benzene rings is 2. The summed E-state index contributed by atoms with van der Waals surface area (Å²) in [6.07, 6.45) is 1.71. The standard InChI is InChI=1S/C26H22N4O3S2/c1-16-6-3-4-8-20(16)28-21(31)15-34-26-29-22-19-7-5-13-27-24(19)35-23(22)25(32)30(26)14-17-9-11-18(33-2)12-10-17/h3-13H,14-15H2,1-2H3,(H,28,31). The third kappa shape index (κ3) is 4.78. The third-order valence-corrected chi connectivity index (χ3v) is 7.64. The summed E-state index contributed by atoms with van der Waals surface area (Å²) in [5.74, 6) is 0.703. The van der Waals surface area contributed by atoms with Crippen molar-refractivity contribution in [2.24, 2.45) is 0 Å². The van der Waals surface area contributed by atoms with Crippen LogP contribution in [-0.4, -0.2) is 33.3 Å². The summed E-state index contributed by atoms with van der Waals surface area (Å²) in [6, 6.07) is 18.9. The van der Waals surface area contributed by atoms with Crippen molar-refractivity contribution in [3.63, 3.8) is 0 Å². The van der Waals surface area contributed by atoms with E-state index in [2.05, 4.69) is 10.3 Å². The van der Waals surface area contributed by atoms with Gasteiger partial charge in [0.25, 0.3) is 5.56 Å². The number of nitrogens with zero attached hydrogens (tertiary/aromatic N) is 3. The smallest absolute Gasteiger partial charge is 0.272 e. The number of aryl methyl sites for hydroxylation is 1. The van der Waals surface area contributed by atoms with Crippen LogP contribution in [0.15, 0.2) is 76.8 Å². The maximum Gasteiger partial charge on any atom is 0.272 e. The Morgan fingerprint density at radius 2 is 1.91 bits per heavy atom. The lowest BCUT2D eigenvalue weighted by Gasteiger charge is -2.13. The molecule has 7 nitrogen and oxygen atoms in total. The van der Waals surface area contributed by atoms with Gasteiger partial charge in [0, 0.05) is 17.3 Å². The van der Waals surface area contributed by atoms with E-state index in [9.17, 15) is 9.59 Å². The highest BCUT2D eigenvalue weighted by Gasteiger charge is 2.18. The van der Waals surface area contributed by atoms with Crippen molar-refractivity contribution < 1.29 is 9.53 Å². The predicted molar refractivity (Wildman–Crippen MR) is 142 cm³/mol. The van der Waals surface area contributed by atoms with Crippen LogP contribution in [0.2, 0.25) is 0 Å². The van der Waals surface area contributed by atoms with Gasteiger partial charge in [0.15, 0.2) is 5.16 Å². The van der Waals surface area contributed by atoms with Crippen molar-refractivity contribution in [2.45, 2.75) is 18.6 Å². The summed E-state index contributed by atoms with van der Waals surface area (Å²) in [6.45, 7) is 2.27. The van der Waals surface area contributed by atoms with Crippen molar-refractivity contribution in [3.05, 3.63) is 88.3 Å². The number of carbonyl (C=O) groups excluding carboxylic acids is 1. The highest BCUT2D eigenvalue weighted by atomic mass is 32.2. The Balaban J connectivity index is 1.51. The summed E-state index contributed by atoms with van der Waals surface area (Å²) in [5, 5.41) is 4.27. The number of methoxy groups -OCH3 is 1. The first-order valence-electron chi connectivity index (χ1n) is 10.9. The van der Waals surface area contributed by atoms with Crippen LogP contribution < -0.4 is 15.6 Å². The van der Waals surface area contributed by atoms with E-state index in [-0.39, 0.29) is 17.2 Å². The molecule has 35 heavy (non-hydrogen) atoms. The molecule has 9 heteroatoms. The van der Waals surface area contributed by atoms with E-state index < -0.39 is 0 Å². The van der Waals surface area contributed by atoms with Gasteiger partial charge in [-0.15, -0.1) is 11.3 Å². The monoisotopic (exact) mass is 502 g/mol. The Labute approximate surface area is 209 Å². The minimum atomic E-state index is -0.161. The van der Waals surface area contributed by atoms with E-state index in [1.165, 1.54) is 23.1 Å². The normalized spacial score (nSPS) is 11.1. The van der Waals surface area contributed by atoms with Gasteiger partial charge >= 0.3 is 0 Å². The lowest BCUT2D eigenvalue weighted by Crippen LogP contribution is -2.24. The maximum absolute atomic E-state index is 13.6. The number of amides is 1. The second-order valence-corrected chi connectivity index (χ2v) is 9.86. The summed E-state index contributed by atoms with van der Waals surface area (Å²) in [4.78, 5) is 36.3. The second kappa shape index (κ2) is 9.89. The minimum Gasteiger partial charge on any atom is -0.497 e. The fraction of sp³-hybridized carbons (Fsp3) is 0.154. The van der Waals surface area contributed by atoms with Gasteiger partial charge in [0.05, 0.1) is 24.9 Å². The van der Waals surface area contributed by atoms with E-state index in [1.54, 1.807) is 17.9 Å². The summed E-state index contributed by atoms with van der Waals surface area (Å²) >= 11 is 2.59. The lowest BCUT2D eigenvalue weighted by atomic mass is 10.2. The Morgan fingerprint density at radius 1 is 1.11 bits per heavy atom. The highest BCUT2D eigenvalue weighted by molar-refractivity contribution is 7.99. The molecule has 0 radical (unpaired) electrons. The highest BCUT2D eigenvalue weighted by Crippen LogP contribution is 2.31. The summed E-state index contributed by atoms with van der Waals surface area (Å²) in [5.41, 5.74) is 3.16. The van der Waals surface area contributed by atoms with Crippen LogP contribution >= 0.6 is 23.1 Å². The summed E-state index contributed by atoms with van der Waals surface area (Å²) < 4.78 is 7.43. The van der Waals surface area contributed by atoms with Gasteiger partial charge in [-0.2, -0.15) is 0 Å². The zero-order chi connectivity index (χ0) is 24.4. The zero-order valence-electron chi connectivity index (χ0n) is 19.1. The van der Waals surface area contributed by atoms with Crippen LogP contribution in [0.25, 0.3) is 20.4 Å². The van der Waals surface area contributed by atoms with Crippen LogP contribution in [0.1, 0.15) is 11.1 Å². The number of nitrogens with one attached hydrogen (secondary N) is 1. The molecule has 3 heterocycles. The van der Waals surface area contributed by atoms with E-state index in [0.717, 1.165) is 32.8 Å². The second-order valence-electron chi connectivity index (χ2n) is 7.92. The molecule has 0 saturated carbocycles. The number of anilines is 1. The number of aromatic nitrogens is 3. The van der Waals surface area contributed by atoms with Gasteiger partial charge in [-0.25, -0.2) is 9.97 Å². The molecule has 0 saturated heterocycles. The van der Waals surface area contributed by atoms with Crippen molar-refractivity contribution >= 4 is 55.1 Å². The van der Waals surface area contributed by atoms with E-state index in [4.69, 9.17) is 9.72 Å². The molecule has 5 aromatic rings. The largest absolute Gasteiger partial charge is 0.497 e. The first-order valence-corrected chi connectivity index (χ1v) is 12.7. The van der Waals surface area contributed by atoms with Gasteiger partial charge < -0.3 is 10.1 Å². The van der Waals surface area contributed by atoms with Gasteiger partial charge in [-0.1, -0.05) is 42.1 Å². The molecule has 0 fully saturated rings. The molecule has 0 spiro atoms. The molecule has 0 atom stereocenters. The van der Waals surface area contributed by atoms with Crippen molar-refractivity contribution in [3.8, 4) is 5.75 Å². The van der Waals surface area contributed by atoms with Crippen LogP contribution in [0.4, 0.5) is 5.69 Å². The summed E-state index contributed by atoms with van der Waals surface area (Å²) in [7, 11) is 1.61. The zero-order valence-corrected chi connectivity index (χ0v) is 20.8. The molecule has 1 N–H and O–H groups in total. The Hall–Kier alpha value is -3.69. The number of hydrogen-bond donors (Lipinski definition) is 1. The molecular weight excluding hydrogens is 480 g/mol. The molecule has 0 bridgehead atoms. The molecular formula is C26H22N4O3S2. The van der Waals surface area contributed by atoms with Gasteiger partial charge in [-0.3, -0.25) is 14.2 Å². The first-order chi connectivity index (χ1) is 17.0. The quantitative estimate of drug-likeness (QED) is 0.246. The van der Waals surface area contributed by atoms with Crippen molar-refractivity contribution in [1.82, 2.24) is 14.5 Å². The Bertz CT molecular complexity index is 1590. The number of rotatable bonds is 7. The minimum absolute atomic E-state index is 0.120. The molecule has 0 aliphatic rings. The number of thiophene rings is 1. The number of fused-ring (bicyclic) bond motifs is 3. The molecule has 3 aromatic heterocycles. The lowest BCUT2D eigenvalue weighted by molar-refractivity contribution is -0.113. The maximum atomic E-state index is 13.6. The molecule has 2 aromatic carbocycles. The number of ether oxygens (including phenoxy) is 1. The number of carbonyl (C=O) groups is 1. The topological polar surface area (TPSA) is 86.1 Å². The fourth-order valence-corrected chi connectivity index (χ4v) is 5.56. The number of hydrogen-bond acceptors (Lipinski definition) is 7. The SMILES string of the molecule is COc1ccc(Cn2c(SCC(=O)Nc3ccccc3C)nc3c(sc4ncccc43)c2=O)cc1. The van der Waals surface area contributed by atoms with Crippen molar-refractivity contribution in [2.75, 3.05) is 18.2 Å². The molecule has 1 amide bonds. The third-order valence-electron chi connectivity index (χ3n) is 5.57. The van der Waals surface area contributed by atoms with Crippen LogP contribution in [-0.2, 0) is 11.3 Å².